The molecule has 4 heterocycles. The zero-order valence-corrected chi connectivity index (χ0v) is 22.0. The van der Waals surface area contributed by atoms with Crippen molar-refractivity contribution in [2.45, 2.75) is 50.4 Å². The Morgan fingerprint density at radius 2 is 1.90 bits per heavy atom. The number of halogens is 2. The van der Waals surface area contributed by atoms with Gasteiger partial charge in [-0.15, -0.1) is 0 Å². The molecule has 0 unspecified atom stereocenters. The van der Waals surface area contributed by atoms with E-state index in [1.807, 2.05) is 29.7 Å². The van der Waals surface area contributed by atoms with E-state index in [0.717, 1.165) is 22.2 Å². The average molecular weight is 547 g/mol. The third kappa shape index (κ3) is 3.57. The van der Waals surface area contributed by atoms with Crippen LogP contribution in [0.2, 0.25) is 0 Å². The van der Waals surface area contributed by atoms with Gasteiger partial charge >= 0.3 is 6.61 Å². The van der Waals surface area contributed by atoms with Crippen molar-refractivity contribution in [1.29, 1.82) is 0 Å². The zero-order chi connectivity index (χ0) is 28.0. The predicted molar refractivity (Wildman–Crippen MR) is 142 cm³/mol. The van der Waals surface area contributed by atoms with Gasteiger partial charge in [0.05, 0.1) is 28.7 Å². The summed E-state index contributed by atoms with van der Waals surface area (Å²) in [5.74, 6) is 1.01. The minimum atomic E-state index is -3.02. The molecule has 1 fully saturated rings. The molecule has 2 atom stereocenters. The molecule has 2 aromatic carbocycles. The number of aliphatic hydroxyl groups excluding tert-OH is 1. The number of benzene rings is 2. The lowest BCUT2D eigenvalue weighted by Crippen LogP contribution is -2.56. The van der Waals surface area contributed by atoms with E-state index in [9.17, 15) is 18.7 Å². The van der Waals surface area contributed by atoms with Gasteiger partial charge in [-0.2, -0.15) is 8.78 Å². The van der Waals surface area contributed by atoms with Crippen molar-refractivity contribution in [2.75, 3.05) is 13.7 Å². The highest BCUT2D eigenvalue weighted by Gasteiger charge is 2.52. The van der Waals surface area contributed by atoms with Crippen molar-refractivity contribution in [1.82, 2.24) is 24.4 Å². The minimum Gasteiger partial charge on any atom is -0.434 e. The van der Waals surface area contributed by atoms with Gasteiger partial charge in [-0.1, -0.05) is 19.1 Å². The highest BCUT2D eigenvalue weighted by molar-refractivity contribution is 5.98. The summed E-state index contributed by atoms with van der Waals surface area (Å²) >= 11 is 0. The largest absolute Gasteiger partial charge is 0.434 e. The summed E-state index contributed by atoms with van der Waals surface area (Å²) in [6, 6.07) is 9.82. The smallest absolute Gasteiger partial charge is 0.387 e. The molecule has 3 N–H and O–H groups in total. The fourth-order valence-electron chi connectivity index (χ4n) is 6.93. The molecular formula is C29H28F2N6O3. The maximum Gasteiger partial charge on any atom is 0.387 e. The van der Waals surface area contributed by atoms with Crippen LogP contribution < -0.4 is 10.5 Å². The summed E-state index contributed by atoms with van der Waals surface area (Å²) in [4.78, 5) is 28.9. The molecule has 4 aromatic rings. The lowest BCUT2D eigenvalue weighted by Gasteiger charge is -2.50. The maximum absolute atomic E-state index is 13.4. The summed E-state index contributed by atoms with van der Waals surface area (Å²) in [6.45, 7) is -0.943. The molecule has 9 nitrogen and oxygen atoms in total. The SMILES string of the molecule is CN1C(=O)c2cccc(OC(F)F)c2[C@@H]2C[C@H]1c1nc3ccc(-c4cnc(C5(N)CC(C)(CO)C5)nc4)cc3n12. The first-order chi connectivity index (χ1) is 19.1. The second-order valence-corrected chi connectivity index (χ2v) is 11.6. The van der Waals surface area contributed by atoms with Crippen LogP contribution in [0.5, 0.6) is 5.75 Å². The molecule has 206 valence electrons. The van der Waals surface area contributed by atoms with Crippen LogP contribution >= 0.6 is 0 Å². The summed E-state index contributed by atoms with van der Waals surface area (Å²) < 4.78 is 33.6. The quantitative estimate of drug-likeness (QED) is 0.386. The second kappa shape index (κ2) is 8.52. The van der Waals surface area contributed by atoms with Crippen LogP contribution in [-0.4, -0.2) is 55.7 Å². The fraction of sp³-hybridized carbons (Fsp3) is 0.379. The van der Waals surface area contributed by atoms with E-state index < -0.39 is 18.2 Å². The number of hydrogen-bond donors (Lipinski definition) is 2. The third-order valence-electron chi connectivity index (χ3n) is 8.70. The number of aromatic nitrogens is 4. The predicted octanol–water partition coefficient (Wildman–Crippen LogP) is 4.16. The maximum atomic E-state index is 13.4. The molecule has 40 heavy (non-hydrogen) atoms. The van der Waals surface area contributed by atoms with E-state index in [1.54, 1.807) is 36.5 Å². The topological polar surface area (TPSA) is 119 Å². The number of carbonyl (C=O) groups excluding carboxylic acids is 1. The van der Waals surface area contributed by atoms with Crippen LogP contribution in [0.1, 0.15) is 65.8 Å². The molecule has 1 amide bonds. The minimum absolute atomic E-state index is 0.00116. The molecule has 2 aliphatic heterocycles. The first-order valence-corrected chi connectivity index (χ1v) is 13.2. The van der Waals surface area contributed by atoms with Crippen molar-refractivity contribution in [3.63, 3.8) is 0 Å². The van der Waals surface area contributed by atoms with Crippen LogP contribution in [0.25, 0.3) is 22.2 Å². The lowest BCUT2D eigenvalue weighted by molar-refractivity contribution is -0.0507. The fourth-order valence-corrected chi connectivity index (χ4v) is 6.93. The van der Waals surface area contributed by atoms with Crippen LogP contribution in [0.4, 0.5) is 8.78 Å². The summed E-state index contributed by atoms with van der Waals surface area (Å²) in [5.41, 5.74) is 9.66. The standard InChI is InChI=1S/C29H28F2N6O3/c1-28(14-38)12-29(32,13-28)26-33-10-16(11-34-26)15-6-7-18-19(8-15)37-20-9-21(24(37)35-18)36(2)25(39)17-4-3-5-22(23(17)20)40-27(30)31/h3-8,10-11,20-21,27,38H,9,12-14,32H2,1-2H3/t20-,21-,28?,29?/m0/s1. The Bertz CT molecular complexity index is 1660. The van der Waals surface area contributed by atoms with Crippen LogP contribution in [0, 0.1) is 5.41 Å². The van der Waals surface area contributed by atoms with Gasteiger partial charge in [-0.3, -0.25) is 4.79 Å². The zero-order valence-electron chi connectivity index (χ0n) is 22.0. The van der Waals surface area contributed by atoms with Crippen LogP contribution in [-0.2, 0) is 5.54 Å². The van der Waals surface area contributed by atoms with E-state index in [2.05, 4.69) is 9.97 Å². The monoisotopic (exact) mass is 546 g/mol. The average Bonchev–Trinajstić information content (AvgIpc) is 3.45. The van der Waals surface area contributed by atoms with Gasteiger partial charge in [-0.25, -0.2) is 15.0 Å². The Balaban J connectivity index is 1.30. The Kier molecular flexibility index (Phi) is 5.33. The number of amides is 1. The van der Waals surface area contributed by atoms with E-state index in [1.165, 1.54) is 6.07 Å². The molecular weight excluding hydrogens is 518 g/mol. The number of rotatable bonds is 5. The van der Waals surface area contributed by atoms with Crippen LogP contribution in [0.3, 0.4) is 0 Å². The third-order valence-corrected chi connectivity index (χ3v) is 8.70. The van der Waals surface area contributed by atoms with E-state index in [0.29, 0.717) is 42.0 Å². The van der Waals surface area contributed by atoms with Gasteiger partial charge in [-0.05, 0) is 48.1 Å². The first kappa shape index (κ1) is 25.0. The molecule has 3 aliphatic rings. The number of hydrogen-bond acceptors (Lipinski definition) is 7. The molecule has 1 aliphatic carbocycles. The number of fused-ring (bicyclic) bond motifs is 9. The summed E-state index contributed by atoms with van der Waals surface area (Å²) in [7, 11) is 1.72. The Hall–Kier alpha value is -3.96. The highest BCUT2D eigenvalue weighted by Crippen LogP contribution is 2.52. The van der Waals surface area contributed by atoms with Crippen LogP contribution in [0.15, 0.2) is 48.8 Å². The molecule has 7 rings (SSSR count). The number of aliphatic hydroxyl groups is 1. The molecule has 1 saturated carbocycles. The number of ether oxygens (including phenoxy) is 1. The Morgan fingerprint density at radius 1 is 1.15 bits per heavy atom. The second-order valence-electron chi connectivity index (χ2n) is 11.6. The number of imidazole rings is 1. The van der Waals surface area contributed by atoms with Crippen molar-refractivity contribution >= 4 is 16.9 Å². The van der Waals surface area contributed by atoms with Gasteiger partial charge in [0, 0.05) is 49.2 Å². The molecule has 0 saturated heterocycles. The van der Waals surface area contributed by atoms with Crippen molar-refractivity contribution < 1.29 is 23.4 Å². The number of carbonyl (C=O) groups is 1. The Morgan fingerprint density at radius 3 is 2.60 bits per heavy atom. The summed E-state index contributed by atoms with van der Waals surface area (Å²) in [6.07, 6.45) is 5.22. The Labute approximate surface area is 228 Å². The molecule has 0 radical (unpaired) electrons. The molecule has 2 bridgehead atoms. The van der Waals surface area contributed by atoms with Gasteiger partial charge in [0.25, 0.3) is 5.91 Å². The van der Waals surface area contributed by atoms with Gasteiger partial charge in [0.15, 0.2) is 0 Å². The molecule has 0 spiro atoms. The number of nitrogens with zero attached hydrogens (tertiary/aromatic N) is 5. The first-order valence-electron chi connectivity index (χ1n) is 13.2. The van der Waals surface area contributed by atoms with E-state index in [4.69, 9.17) is 15.5 Å². The highest BCUT2D eigenvalue weighted by atomic mass is 19.3. The van der Waals surface area contributed by atoms with Crippen molar-refractivity contribution in [2.24, 2.45) is 11.1 Å². The van der Waals surface area contributed by atoms with E-state index >= 15 is 0 Å². The van der Waals surface area contributed by atoms with E-state index in [-0.39, 0.29) is 29.7 Å². The number of nitrogens with two attached hydrogens (primary N) is 1. The van der Waals surface area contributed by atoms with Crippen molar-refractivity contribution in [3.05, 3.63) is 71.6 Å². The molecule has 2 aromatic heterocycles. The lowest BCUT2D eigenvalue weighted by atomic mass is 9.58. The van der Waals surface area contributed by atoms with Gasteiger partial charge in [0.2, 0.25) is 0 Å². The number of alkyl halides is 2. The molecule has 11 heteroatoms. The normalized spacial score (nSPS) is 27.0. The summed E-state index contributed by atoms with van der Waals surface area (Å²) in [5, 5.41) is 9.60. The van der Waals surface area contributed by atoms with Crippen molar-refractivity contribution in [3.8, 4) is 16.9 Å². The van der Waals surface area contributed by atoms with Gasteiger partial charge < -0.3 is 25.0 Å². The van der Waals surface area contributed by atoms with Gasteiger partial charge in [0.1, 0.15) is 17.4 Å².